The predicted molar refractivity (Wildman–Crippen MR) is 119 cm³/mol. The molecule has 1 aliphatic heterocycles. The number of nitrogens with zero attached hydrogens (tertiary/aromatic N) is 1. The summed E-state index contributed by atoms with van der Waals surface area (Å²) in [7, 11) is 0. The van der Waals surface area contributed by atoms with Crippen molar-refractivity contribution in [3.8, 4) is 0 Å². The first-order valence-corrected chi connectivity index (χ1v) is 10.5. The summed E-state index contributed by atoms with van der Waals surface area (Å²) in [6.45, 7) is 4.76. The minimum Gasteiger partial charge on any atom is -0.374 e. The van der Waals surface area contributed by atoms with Crippen LogP contribution in [-0.4, -0.2) is 38.0 Å². The minimum atomic E-state index is -4.48. The lowest BCUT2D eigenvalue weighted by Crippen LogP contribution is -2.36. The van der Waals surface area contributed by atoms with E-state index in [2.05, 4.69) is 16.0 Å². The van der Waals surface area contributed by atoms with E-state index < -0.39 is 17.6 Å². The zero-order valence-electron chi connectivity index (χ0n) is 18.1. The molecule has 1 saturated heterocycles. The number of rotatable bonds is 7. The van der Waals surface area contributed by atoms with Gasteiger partial charge in [0.2, 0.25) is 11.8 Å². The van der Waals surface area contributed by atoms with Crippen molar-refractivity contribution in [2.75, 3.05) is 41.7 Å². The largest absolute Gasteiger partial charge is 0.416 e. The van der Waals surface area contributed by atoms with Crippen LogP contribution in [0.2, 0.25) is 0 Å². The number of aryl methyl sites for hydroxylation is 2. The summed E-state index contributed by atoms with van der Waals surface area (Å²) < 4.78 is 39.5. The Kier molecular flexibility index (Phi) is 7.27. The first kappa shape index (κ1) is 23.4. The number of nitrogens with one attached hydrogen (secondary N) is 3. The monoisotopic (exact) mass is 448 g/mol. The Morgan fingerprint density at radius 3 is 2.25 bits per heavy atom. The number of alkyl halides is 3. The zero-order valence-corrected chi connectivity index (χ0v) is 18.1. The zero-order chi connectivity index (χ0) is 23.3. The highest BCUT2D eigenvalue weighted by molar-refractivity contribution is 5.96. The highest BCUT2D eigenvalue weighted by Gasteiger charge is 2.31. The van der Waals surface area contributed by atoms with Gasteiger partial charge in [-0.3, -0.25) is 9.59 Å². The molecule has 9 heteroatoms. The van der Waals surface area contributed by atoms with E-state index in [1.807, 2.05) is 36.9 Å². The van der Waals surface area contributed by atoms with Gasteiger partial charge in [0.25, 0.3) is 0 Å². The minimum absolute atomic E-state index is 0.240. The van der Waals surface area contributed by atoms with E-state index in [9.17, 15) is 22.8 Å². The molecule has 0 aromatic heterocycles. The number of hydrogen-bond donors (Lipinski definition) is 3. The first-order valence-electron chi connectivity index (χ1n) is 10.5. The quantitative estimate of drug-likeness (QED) is 0.597. The number of amides is 2. The van der Waals surface area contributed by atoms with E-state index in [0.717, 1.165) is 49.2 Å². The van der Waals surface area contributed by atoms with Crippen LogP contribution in [-0.2, 0) is 15.8 Å². The molecule has 2 amide bonds. The van der Waals surface area contributed by atoms with E-state index in [4.69, 9.17) is 0 Å². The van der Waals surface area contributed by atoms with Crippen molar-refractivity contribution in [2.24, 2.45) is 0 Å². The van der Waals surface area contributed by atoms with Crippen molar-refractivity contribution >= 4 is 28.9 Å². The maximum atomic E-state index is 13.2. The van der Waals surface area contributed by atoms with Crippen molar-refractivity contribution in [1.82, 2.24) is 5.32 Å². The van der Waals surface area contributed by atoms with Gasteiger partial charge < -0.3 is 20.9 Å². The van der Waals surface area contributed by atoms with Crippen LogP contribution in [0.3, 0.4) is 0 Å². The van der Waals surface area contributed by atoms with Crippen LogP contribution in [0.4, 0.5) is 30.2 Å². The fourth-order valence-corrected chi connectivity index (χ4v) is 3.70. The molecule has 2 aromatic rings. The summed E-state index contributed by atoms with van der Waals surface area (Å²) in [5.74, 6) is -0.876. The molecule has 172 valence electrons. The molecule has 3 N–H and O–H groups in total. The summed E-state index contributed by atoms with van der Waals surface area (Å²) in [5, 5.41) is 8.08. The van der Waals surface area contributed by atoms with E-state index in [0.29, 0.717) is 11.4 Å². The maximum Gasteiger partial charge on any atom is 0.416 e. The number of carbonyl (C=O) groups is 2. The molecule has 0 saturated carbocycles. The second-order valence-corrected chi connectivity index (χ2v) is 7.87. The van der Waals surface area contributed by atoms with E-state index >= 15 is 0 Å². The molecule has 3 rings (SSSR count). The molecule has 0 spiro atoms. The van der Waals surface area contributed by atoms with E-state index in [1.54, 1.807) is 0 Å². The first-order chi connectivity index (χ1) is 15.1. The topological polar surface area (TPSA) is 73.5 Å². The number of carbonyl (C=O) groups excluding carboxylic acids is 2. The summed E-state index contributed by atoms with van der Waals surface area (Å²) >= 11 is 0. The van der Waals surface area contributed by atoms with Gasteiger partial charge in [-0.25, -0.2) is 0 Å². The Bertz CT molecular complexity index is 965. The lowest BCUT2D eigenvalue weighted by atomic mass is 10.1. The van der Waals surface area contributed by atoms with Crippen molar-refractivity contribution in [1.29, 1.82) is 0 Å². The van der Waals surface area contributed by atoms with Crippen LogP contribution in [0.1, 0.15) is 29.5 Å². The average molecular weight is 448 g/mol. The average Bonchev–Trinajstić information content (AvgIpc) is 3.27. The lowest BCUT2D eigenvalue weighted by Gasteiger charge is -2.23. The Labute approximate surface area is 185 Å². The van der Waals surface area contributed by atoms with Crippen LogP contribution in [0, 0.1) is 13.8 Å². The number of halogens is 3. The third kappa shape index (κ3) is 5.93. The van der Waals surface area contributed by atoms with Crippen molar-refractivity contribution in [2.45, 2.75) is 32.9 Å². The standard InChI is InChI=1S/C23H27F3N4O2/c1-15-6-5-7-16(2)22(15)29-21(32)14-28-20(31)13-27-18-12-17(23(24,25)26)8-9-19(18)30-10-3-4-11-30/h5-9,12,27H,3-4,10-11,13-14H2,1-2H3,(H,28,31)(H,29,32). The van der Waals surface area contributed by atoms with Crippen LogP contribution in [0.15, 0.2) is 36.4 Å². The van der Waals surface area contributed by atoms with Crippen molar-refractivity contribution in [3.63, 3.8) is 0 Å². The number of hydrogen-bond acceptors (Lipinski definition) is 4. The van der Waals surface area contributed by atoms with Crippen molar-refractivity contribution in [3.05, 3.63) is 53.1 Å². The summed E-state index contributed by atoms with van der Waals surface area (Å²) in [5.41, 5.74) is 2.61. The molecular formula is C23H27F3N4O2. The SMILES string of the molecule is Cc1cccc(C)c1NC(=O)CNC(=O)CNc1cc(C(F)(F)F)ccc1N1CCCC1. The van der Waals surface area contributed by atoms with Crippen LogP contribution in [0.25, 0.3) is 0 Å². The molecule has 1 heterocycles. The van der Waals surface area contributed by atoms with Gasteiger partial charge in [0.05, 0.1) is 30.0 Å². The molecule has 2 aromatic carbocycles. The van der Waals surface area contributed by atoms with Crippen molar-refractivity contribution < 1.29 is 22.8 Å². The third-order valence-corrected chi connectivity index (χ3v) is 5.40. The second-order valence-electron chi connectivity index (χ2n) is 7.87. The number of para-hydroxylation sites is 1. The van der Waals surface area contributed by atoms with Gasteiger partial charge in [0.1, 0.15) is 0 Å². The number of benzene rings is 2. The Balaban J connectivity index is 1.59. The number of anilines is 3. The summed E-state index contributed by atoms with van der Waals surface area (Å²) in [6, 6.07) is 9.14. The van der Waals surface area contributed by atoms with Crippen LogP contribution in [0.5, 0.6) is 0 Å². The predicted octanol–water partition coefficient (Wildman–Crippen LogP) is 4.09. The molecule has 32 heavy (non-hydrogen) atoms. The highest BCUT2D eigenvalue weighted by atomic mass is 19.4. The molecule has 0 radical (unpaired) electrons. The normalized spacial score (nSPS) is 13.7. The lowest BCUT2D eigenvalue weighted by molar-refractivity contribution is -0.137. The van der Waals surface area contributed by atoms with E-state index in [-0.39, 0.29) is 24.7 Å². The molecule has 0 atom stereocenters. The fourth-order valence-electron chi connectivity index (χ4n) is 3.70. The van der Waals surface area contributed by atoms with Gasteiger partial charge in [-0.2, -0.15) is 13.2 Å². The molecule has 0 aliphatic carbocycles. The summed E-state index contributed by atoms with van der Waals surface area (Å²) in [6.07, 6.45) is -2.54. The third-order valence-electron chi connectivity index (χ3n) is 5.40. The molecule has 0 bridgehead atoms. The van der Waals surface area contributed by atoms with Gasteiger partial charge in [-0.15, -0.1) is 0 Å². The Morgan fingerprint density at radius 2 is 1.62 bits per heavy atom. The van der Waals surface area contributed by atoms with E-state index in [1.165, 1.54) is 6.07 Å². The van der Waals surface area contributed by atoms with Crippen LogP contribution >= 0.6 is 0 Å². The van der Waals surface area contributed by atoms with Gasteiger partial charge in [0, 0.05) is 18.8 Å². The molecular weight excluding hydrogens is 421 g/mol. The molecule has 6 nitrogen and oxygen atoms in total. The second kappa shape index (κ2) is 9.93. The van der Waals surface area contributed by atoms with Gasteiger partial charge in [-0.1, -0.05) is 18.2 Å². The van der Waals surface area contributed by atoms with Gasteiger partial charge >= 0.3 is 6.18 Å². The summed E-state index contributed by atoms with van der Waals surface area (Å²) in [4.78, 5) is 26.4. The molecule has 1 aliphatic rings. The fraction of sp³-hybridized carbons (Fsp3) is 0.391. The van der Waals surface area contributed by atoms with Crippen LogP contribution < -0.4 is 20.9 Å². The Hall–Kier alpha value is -3.23. The molecule has 1 fully saturated rings. The smallest absolute Gasteiger partial charge is 0.374 e. The highest BCUT2D eigenvalue weighted by Crippen LogP contribution is 2.36. The maximum absolute atomic E-state index is 13.2. The molecule has 0 unspecified atom stereocenters. The van der Waals surface area contributed by atoms with Gasteiger partial charge in [-0.05, 0) is 56.0 Å². The Morgan fingerprint density at radius 1 is 0.969 bits per heavy atom. The van der Waals surface area contributed by atoms with Gasteiger partial charge in [0.15, 0.2) is 0 Å².